The van der Waals surface area contributed by atoms with Gasteiger partial charge in [-0.15, -0.1) is 0 Å². The highest BCUT2D eigenvalue weighted by Crippen LogP contribution is 2.32. The molecule has 2 aromatic carbocycles. The van der Waals surface area contributed by atoms with Gasteiger partial charge in [-0.3, -0.25) is 14.3 Å². The topological polar surface area (TPSA) is 117 Å². The zero-order chi connectivity index (χ0) is 24.4. The van der Waals surface area contributed by atoms with E-state index in [1.807, 2.05) is 13.8 Å². The number of carbonyl (C=O) groups excluding carboxylic acids is 2. The van der Waals surface area contributed by atoms with Crippen molar-refractivity contribution < 1.29 is 23.8 Å². The van der Waals surface area contributed by atoms with Gasteiger partial charge in [0, 0.05) is 18.2 Å². The first-order valence-corrected chi connectivity index (χ1v) is 10.7. The number of aryl methyl sites for hydroxylation is 3. The standard InChI is InChI=1S/C25H24N2O7/c1-14-4-8-17(9-5-14)22(29)32-19-12-20(27-13-16(3)21(28)26-25(27)31)33-24(19)34-23(30)18-10-6-15(2)7-11-18/h4-11,13,19-20,24H,12H2,1-3H3,(H,26,28,31)/t19-,20+,24+/m0/s1. The monoisotopic (exact) mass is 464 g/mol. The Bertz CT molecular complexity index is 1260. The van der Waals surface area contributed by atoms with Crippen molar-refractivity contribution in [1.82, 2.24) is 9.55 Å². The Morgan fingerprint density at radius 2 is 1.41 bits per heavy atom. The van der Waals surface area contributed by atoms with Crippen LogP contribution in [0.15, 0.2) is 64.3 Å². The van der Waals surface area contributed by atoms with E-state index in [-0.39, 0.29) is 6.42 Å². The minimum atomic E-state index is -1.26. The van der Waals surface area contributed by atoms with Gasteiger partial charge < -0.3 is 14.2 Å². The molecule has 1 saturated heterocycles. The van der Waals surface area contributed by atoms with Crippen LogP contribution in [-0.2, 0) is 14.2 Å². The normalized spacial score (nSPS) is 19.6. The van der Waals surface area contributed by atoms with Gasteiger partial charge in [0.15, 0.2) is 6.10 Å². The average Bonchev–Trinajstić information content (AvgIpc) is 3.18. The fraction of sp³-hybridized carbons (Fsp3) is 0.280. The van der Waals surface area contributed by atoms with E-state index in [2.05, 4.69) is 4.98 Å². The number of nitrogens with one attached hydrogen (secondary N) is 1. The molecule has 9 heteroatoms. The number of esters is 2. The van der Waals surface area contributed by atoms with Crippen molar-refractivity contribution in [1.29, 1.82) is 0 Å². The van der Waals surface area contributed by atoms with Gasteiger partial charge in [-0.1, -0.05) is 35.4 Å². The van der Waals surface area contributed by atoms with Crippen molar-refractivity contribution >= 4 is 11.9 Å². The van der Waals surface area contributed by atoms with E-state index in [9.17, 15) is 19.2 Å². The fourth-order valence-corrected chi connectivity index (χ4v) is 3.55. The quantitative estimate of drug-likeness (QED) is 0.577. The van der Waals surface area contributed by atoms with Crippen LogP contribution in [0.3, 0.4) is 0 Å². The summed E-state index contributed by atoms with van der Waals surface area (Å²) < 4.78 is 18.2. The molecule has 0 amide bonds. The molecule has 1 fully saturated rings. The van der Waals surface area contributed by atoms with Crippen molar-refractivity contribution in [2.75, 3.05) is 0 Å². The fourth-order valence-electron chi connectivity index (χ4n) is 3.55. The molecule has 3 atom stereocenters. The lowest BCUT2D eigenvalue weighted by atomic mass is 10.1. The van der Waals surface area contributed by atoms with Gasteiger partial charge in [0.1, 0.15) is 6.23 Å². The largest absolute Gasteiger partial charge is 0.452 e. The molecule has 4 rings (SSSR count). The van der Waals surface area contributed by atoms with E-state index in [0.717, 1.165) is 11.1 Å². The highest BCUT2D eigenvalue weighted by Gasteiger charge is 2.42. The number of nitrogens with zero attached hydrogens (tertiary/aromatic N) is 1. The van der Waals surface area contributed by atoms with Crippen LogP contribution in [0.25, 0.3) is 0 Å². The number of H-pyrrole nitrogens is 1. The molecule has 1 aliphatic rings. The molecule has 176 valence electrons. The summed E-state index contributed by atoms with van der Waals surface area (Å²) >= 11 is 0. The molecule has 1 aliphatic heterocycles. The van der Waals surface area contributed by atoms with Gasteiger partial charge in [0.25, 0.3) is 5.56 Å². The van der Waals surface area contributed by atoms with Gasteiger partial charge in [-0.2, -0.15) is 0 Å². The number of ether oxygens (including phenoxy) is 3. The SMILES string of the molecule is Cc1ccc(C(=O)O[C@H]2O[C@@H](n3cc(C)c(=O)[nH]c3=O)C[C@@H]2OC(=O)c2ccc(C)cc2)cc1. The number of aromatic nitrogens is 2. The van der Waals surface area contributed by atoms with Gasteiger partial charge in [0.05, 0.1) is 11.1 Å². The molecule has 0 saturated carbocycles. The van der Waals surface area contributed by atoms with Crippen molar-refractivity contribution in [2.45, 2.75) is 45.8 Å². The van der Waals surface area contributed by atoms with Crippen LogP contribution in [0.1, 0.15) is 50.1 Å². The minimum absolute atomic E-state index is 0.0365. The molecule has 0 unspecified atom stereocenters. The molecule has 9 nitrogen and oxygen atoms in total. The predicted octanol–water partition coefficient (Wildman–Crippen LogP) is 2.79. The lowest BCUT2D eigenvalue weighted by molar-refractivity contribution is -0.149. The minimum Gasteiger partial charge on any atom is -0.452 e. The third-order valence-corrected chi connectivity index (χ3v) is 5.54. The van der Waals surface area contributed by atoms with Crippen LogP contribution in [0.2, 0.25) is 0 Å². The lowest BCUT2D eigenvalue weighted by Crippen LogP contribution is -2.33. The van der Waals surface area contributed by atoms with E-state index in [1.165, 1.54) is 10.8 Å². The van der Waals surface area contributed by atoms with Crippen molar-refractivity contribution in [3.63, 3.8) is 0 Å². The van der Waals surface area contributed by atoms with Crippen LogP contribution >= 0.6 is 0 Å². The van der Waals surface area contributed by atoms with Crippen LogP contribution in [0, 0.1) is 20.8 Å². The highest BCUT2D eigenvalue weighted by atomic mass is 16.7. The summed E-state index contributed by atoms with van der Waals surface area (Å²) in [7, 11) is 0. The van der Waals surface area contributed by atoms with Gasteiger partial charge in [-0.25, -0.2) is 14.4 Å². The molecule has 1 N–H and O–H groups in total. The summed E-state index contributed by atoms with van der Waals surface area (Å²) in [6.07, 6.45) is -1.77. The zero-order valence-electron chi connectivity index (χ0n) is 18.9. The summed E-state index contributed by atoms with van der Waals surface area (Å²) in [4.78, 5) is 51.7. The van der Waals surface area contributed by atoms with Crippen LogP contribution in [0.4, 0.5) is 0 Å². The molecule has 0 spiro atoms. The summed E-state index contributed by atoms with van der Waals surface area (Å²) in [6.45, 7) is 5.34. The van der Waals surface area contributed by atoms with Gasteiger partial charge >= 0.3 is 17.6 Å². The number of hydrogen-bond donors (Lipinski definition) is 1. The maximum atomic E-state index is 12.7. The Kier molecular flexibility index (Phi) is 6.47. The maximum Gasteiger partial charge on any atom is 0.340 e. The highest BCUT2D eigenvalue weighted by molar-refractivity contribution is 5.90. The molecule has 1 aromatic heterocycles. The number of carbonyl (C=O) groups is 2. The zero-order valence-corrected chi connectivity index (χ0v) is 18.9. The Balaban J connectivity index is 1.59. The van der Waals surface area contributed by atoms with E-state index < -0.39 is 41.8 Å². The molecule has 34 heavy (non-hydrogen) atoms. The Morgan fingerprint density at radius 3 is 1.97 bits per heavy atom. The van der Waals surface area contributed by atoms with Crippen LogP contribution in [-0.4, -0.2) is 33.9 Å². The first-order chi connectivity index (χ1) is 16.2. The van der Waals surface area contributed by atoms with Crippen molar-refractivity contribution in [2.24, 2.45) is 0 Å². The first kappa shape index (κ1) is 23.2. The van der Waals surface area contributed by atoms with Crippen LogP contribution < -0.4 is 11.2 Å². The summed E-state index contributed by atoms with van der Waals surface area (Å²) in [5, 5.41) is 0. The summed E-state index contributed by atoms with van der Waals surface area (Å²) in [5.74, 6) is -1.28. The second kappa shape index (κ2) is 9.48. The Hall–Kier alpha value is -3.98. The van der Waals surface area contributed by atoms with Gasteiger partial charge in [-0.05, 0) is 45.0 Å². The van der Waals surface area contributed by atoms with Crippen molar-refractivity contribution in [3.05, 3.63) is 103 Å². The molecule has 3 aromatic rings. The summed E-state index contributed by atoms with van der Waals surface area (Å²) in [6, 6.07) is 13.6. The Labute approximate surface area is 194 Å². The second-order valence-corrected chi connectivity index (χ2v) is 8.25. The number of benzene rings is 2. The summed E-state index contributed by atoms with van der Waals surface area (Å²) in [5.41, 5.74) is 1.70. The maximum absolute atomic E-state index is 12.7. The number of rotatable bonds is 5. The second-order valence-electron chi connectivity index (χ2n) is 8.25. The van der Waals surface area contributed by atoms with E-state index in [4.69, 9.17) is 14.2 Å². The van der Waals surface area contributed by atoms with E-state index in [1.54, 1.807) is 55.5 Å². The predicted molar refractivity (Wildman–Crippen MR) is 122 cm³/mol. The van der Waals surface area contributed by atoms with Gasteiger partial charge in [0.2, 0.25) is 6.29 Å². The molecule has 0 radical (unpaired) electrons. The lowest BCUT2D eigenvalue weighted by Gasteiger charge is -2.19. The number of aromatic amines is 1. The average molecular weight is 464 g/mol. The van der Waals surface area contributed by atoms with E-state index >= 15 is 0 Å². The molecule has 0 aliphatic carbocycles. The van der Waals surface area contributed by atoms with Crippen LogP contribution in [0.5, 0.6) is 0 Å². The Morgan fingerprint density at radius 1 is 0.882 bits per heavy atom. The third-order valence-electron chi connectivity index (χ3n) is 5.54. The van der Waals surface area contributed by atoms with E-state index in [0.29, 0.717) is 16.7 Å². The third kappa shape index (κ3) is 4.99. The molecular formula is C25H24N2O7. The molecule has 0 bridgehead atoms. The molecular weight excluding hydrogens is 440 g/mol. The first-order valence-electron chi connectivity index (χ1n) is 10.7. The van der Waals surface area contributed by atoms with Crippen molar-refractivity contribution in [3.8, 4) is 0 Å². The smallest absolute Gasteiger partial charge is 0.340 e. The number of hydrogen-bond acceptors (Lipinski definition) is 7. The molecule has 2 heterocycles.